The second-order valence-electron chi connectivity index (χ2n) is 4.58. The number of halogens is 3. The Balaban J connectivity index is 2.45. The molecule has 0 radical (unpaired) electrons. The summed E-state index contributed by atoms with van der Waals surface area (Å²) in [6.07, 6.45) is -0.684. The maximum Gasteiger partial charge on any atom is 0.263 e. The Morgan fingerprint density at radius 1 is 1.19 bits per heavy atom. The molecule has 1 aromatic heterocycles. The van der Waals surface area contributed by atoms with Crippen molar-refractivity contribution in [2.45, 2.75) is 26.2 Å². The number of alkyl halides is 2. The maximum absolute atomic E-state index is 12.6. The fraction of sp³-hybridized carbons (Fsp3) is 0.333. The van der Waals surface area contributed by atoms with Gasteiger partial charge in [-0.1, -0.05) is 37.6 Å². The smallest absolute Gasteiger partial charge is 0.263 e. The van der Waals surface area contributed by atoms with E-state index in [0.29, 0.717) is 11.6 Å². The van der Waals surface area contributed by atoms with E-state index in [-0.39, 0.29) is 5.56 Å². The first-order valence-electron chi connectivity index (χ1n) is 6.69. The Bertz CT molecular complexity index is 615. The van der Waals surface area contributed by atoms with Crippen molar-refractivity contribution in [3.63, 3.8) is 0 Å². The summed E-state index contributed by atoms with van der Waals surface area (Å²) in [6.45, 7) is 2.07. The normalized spacial score (nSPS) is 11.0. The van der Waals surface area contributed by atoms with Gasteiger partial charge in [-0.25, -0.2) is 18.7 Å². The van der Waals surface area contributed by atoms with Crippen molar-refractivity contribution in [1.29, 1.82) is 0 Å². The molecule has 1 aromatic carbocycles. The lowest BCUT2D eigenvalue weighted by Crippen LogP contribution is -2.03. The van der Waals surface area contributed by atoms with Gasteiger partial charge in [0.2, 0.25) is 0 Å². The molecular formula is C15H16BrF2N3. The standard InChI is InChI=1S/C15H16BrF2N3/c1-3-4-11-12(16)15(19-2)21-14(20-11)10-7-5-9(6-8-10)13(17)18/h5-8,13H,3-4H2,1-2H3,(H,19,20,21). The average Bonchev–Trinajstić information content (AvgIpc) is 2.49. The number of nitrogens with one attached hydrogen (secondary N) is 1. The van der Waals surface area contributed by atoms with Crippen LogP contribution in [0.5, 0.6) is 0 Å². The largest absolute Gasteiger partial charge is 0.372 e. The highest BCUT2D eigenvalue weighted by atomic mass is 79.9. The van der Waals surface area contributed by atoms with Gasteiger partial charge in [0.25, 0.3) is 6.43 Å². The highest BCUT2D eigenvalue weighted by Gasteiger charge is 2.13. The molecule has 0 atom stereocenters. The van der Waals surface area contributed by atoms with Crippen molar-refractivity contribution >= 4 is 21.7 Å². The van der Waals surface area contributed by atoms with Crippen LogP contribution in [-0.4, -0.2) is 17.0 Å². The summed E-state index contributed by atoms with van der Waals surface area (Å²) in [4.78, 5) is 8.95. The predicted octanol–water partition coefficient (Wildman–Crippen LogP) is 4.84. The quantitative estimate of drug-likeness (QED) is 0.833. The number of nitrogens with zero attached hydrogens (tertiary/aromatic N) is 2. The van der Waals surface area contributed by atoms with Crippen LogP contribution in [0, 0.1) is 0 Å². The first-order chi connectivity index (χ1) is 10.1. The molecular weight excluding hydrogens is 340 g/mol. The molecule has 3 nitrogen and oxygen atoms in total. The highest BCUT2D eigenvalue weighted by molar-refractivity contribution is 9.10. The van der Waals surface area contributed by atoms with Crippen molar-refractivity contribution in [2.24, 2.45) is 0 Å². The topological polar surface area (TPSA) is 37.8 Å². The van der Waals surface area contributed by atoms with Crippen LogP contribution in [-0.2, 0) is 6.42 Å². The van der Waals surface area contributed by atoms with Gasteiger partial charge in [0.05, 0.1) is 10.2 Å². The lowest BCUT2D eigenvalue weighted by atomic mass is 10.1. The molecule has 0 aliphatic heterocycles. The van der Waals surface area contributed by atoms with Crippen LogP contribution in [0.15, 0.2) is 28.7 Å². The third-order valence-corrected chi connectivity index (χ3v) is 3.90. The van der Waals surface area contributed by atoms with E-state index in [0.717, 1.165) is 28.6 Å². The predicted molar refractivity (Wildman–Crippen MR) is 83.7 cm³/mol. The van der Waals surface area contributed by atoms with Gasteiger partial charge < -0.3 is 5.32 Å². The lowest BCUT2D eigenvalue weighted by molar-refractivity contribution is 0.151. The van der Waals surface area contributed by atoms with E-state index in [1.165, 1.54) is 12.1 Å². The van der Waals surface area contributed by atoms with Crippen molar-refractivity contribution in [3.8, 4) is 11.4 Å². The van der Waals surface area contributed by atoms with Crippen LogP contribution in [0.3, 0.4) is 0 Å². The van der Waals surface area contributed by atoms with Gasteiger partial charge in [-0.3, -0.25) is 0 Å². The summed E-state index contributed by atoms with van der Waals surface area (Å²) in [6, 6.07) is 6.06. The van der Waals surface area contributed by atoms with Crippen LogP contribution >= 0.6 is 15.9 Å². The minimum absolute atomic E-state index is 0.00140. The van der Waals surface area contributed by atoms with E-state index in [2.05, 4.69) is 38.1 Å². The second kappa shape index (κ2) is 6.93. The number of hydrogen-bond donors (Lipinski definition) is 1. The van der Waals surface area contributed by atoms with Crippen LogP contribution in [0.4, 0.5) is 14.6 Å². The number of benzene rings is 1. The number of aryl methyl sites for hydroxylation is 1. The van der Waals surface area contributed by atoms with E-state index in [4.69, 9.17) is 0 Å². The number of anilines is 1. The van der Waals surface area contributed by atoms with Crippen LogP contribution in [0.25, 0.3) is 11.4 Å². The molecule has 21 heavy (non-hydrogen) atoms. The molecule has 2 aromatic rings. The summed E-state index contributed by atoms with van der Waals surface area (Å²) in [5.41, 5.74) is 1.63. The number of hydrogen-bond acceptors (Lipinski definition) is 3. The number of rotatable bonds is 5. The van der Waals surface area contributed by atoms with Crippen molar-refractivity contribution < 1.29 is 8.78 Å². The summed E-state index contributed by atoms with van der Waals surface area (Å²) < 4.78 is 26.0. The summed E-state index contributed by atoms with van der Waals surface area (Å²) in [7, 11) is 1.78. The Labute approximate surface area is 131 Å². The molecule has 112 valence electrons. The third-order valence-electron chi connectivity index (χ3n) is 3.06. The van der Waals surface area contributed by atoms with Gasteiger partial charge in [0, 0.05) is 18.2 Å². The minimum Gasteiger partial charge on any atom is -0.372 e. The monoisotopic (exact) mass is 355 g/mol. The zero-order chi connectivity index (χ0) is 15.4. The minimum atomic E-state index is -2.46. The molecule has 0 bridgehead atoms. The van der Waals surface area contributed by atoms with E-state index in [9.17, 15) is 8.78 Å². The summed E-state index contributed by atoms with van der Waals surface area (Å²) in [5.74, 6) is 1.23. The lowest BCUT2D eigenvalue weighted by Gasteiger charge is -2.11. The number of aromatic nitrogens is 2. The van der Waals surface area contributed by atoms with E-state index >= 15 is 0 Å². The molecule has 0 aliphatic carbocycles. The van der Waals surface area contributed by atoms with Gasteiger partial charge in [0.1, 0.15) is 5.82 Å². The van der Waals surface area contributed by atoms with Crippen LogP contribution in [0.1, 0.15) is 31.0 Å². The van der Waals surface area contributed by atoms with Crippen molar-refractivity contribution in [3.05, 3.63) is 40.0 Å². The molecule has 1 N–H and O–H groups in total. The zero-order valence-corrected chi connectivity index (χ0v) is 13.4. The first-order valence-corrected chi connectivity index (χ1v) is 7.48. The van der Waals surface area contributed by atoms with Crippen LogP contribution < -0.4 is 5.32 Å². The molecule has 0 saturated carbocycles. The van der Waals surface area contributed by atoms with Gasteiger partial charge in [-0.15, -0.1) is 0 Å². The molecule has 0 spiro atoms. The molecule has 0 aliphatic rings. The fourth-order valence-corrected chi connectivity index (χ4v) is 2.54. The van der Waals surface area contributed by atoms with Gasteiger partial charge in [0.15, 0.2) is 5.82 Å². The molecule has 0 unspecified atom stereocenters. The van der Waals surface area contributed by atoms with E-state index in [1.54, 1.807) is 19.2 Å². The van der Waals surface area contributed by atoms with Crippen molar-refractivity contribution in [1.82, 2.24) is 9.97 Å². The SMILES string of the molecule is CCCc1nc(-c2ccc(C(F)F)cc2)nc(NC)c1Br. The maximum atomic E-state index is 12.6. The molecule has 6 heteroatoms. The fourth-order valence-electron chi connectivity index (χ4n) is 1.97. The second-order valence-corrected chi connectivity index (χ2v) is 5.37. The van der Waals surface area contributed by atoms with Crippen molar-refractivity contribution in [2.75, 3.05) is 12.4 Å². The third kappa shape index (κ3) is 3.56. The molecule has 2 rings (SSSR count). The van der Waals surface area contributed by atoms with Gasteiger partial charge in [-0.05, 0) is 22.4 Å². The van der Waals surface area contributed by atoms with Crippen LogP contribution in [0.2, 0.25) is 0 Å². The molecule has 1 heterocycles. The summed E-state index contributed by atoms with van der Waals surface area (Å²) in [5, 5.41) is 3.02. The molecule has 0 saturated heterocycles. The zero-order valence-electron chi connectivity index (χ0n) is 11.8. The molecule has 0 amide bonds. The highest BCUT2D eigenvalue weighted by Crippen LogP contribution is 2.28. The Kier molecular flexibility index (Phi) is 5.22. The summed E-state index contributed by atoms with van der Waals surface area (Å²) >= 11 is 3.49. The Morgan fingerprint density at radius 2 is 1.86 bits per heavy atom. The van der Waals surface area contributed by atoms with E-state index in [1.807, 2.05) is 0 Å². The van der Waals surface area contributed by atoms with Gasteiger partial charge in [-0.2, -0.15) is 0 Å². The Morgan fingerprint density at radius 3 is 2.38 bits per heavy atom. The Hall–Kier alpha value is -1.56. The molecule has 0 fully saturated rings. The van der Waals surface area contributed by atoms with E-state index < -0.39 is 6.43 Å². The average molecular weight is 356 g/mol. The van der Waals surface area contributed by atoms with Gasteiger partial charge >= 0.3 is 0 Å². The first kappa shape index (κ1) is 15.8.